The summed E-state index contributed by atoms with van der Waals surface area (Å²) in [6.07, 6.45) is 0. The van der Waals surface area contributed by atoms with Gasteiger partial charge in [-0.15, -0.1) is 0 Å². The van der Waals surface area contributed by atoms with Gasteiger partial charge in [-0.3, -0.25) is 4.55 Å². The largest absolute Gasteiger partial charge is 0.465 e. The summed E-state index contributed by atoms with van der Waals surface area (Å²) in [7, 11) is -5.89. The minimum absolute atomic E-state index is 0.439. The van der Waals surface area contributed by atoms with E-state index in [2.05, 4.69) is 4.74 Å². The summed E-state index contributed by atoms with van der Waals surface area (Å²) in [4.78, 5) is 11.4. The summed E-state index contributed by atoms with van der Waals surface area (Å²) in [6.45, 7) is -0.560. The highest BCUT2D eigenvalue weighted by Gasteiger charge is 2.54. The Morgan fingerprint density at radius 1 is 1.00 bits per heavy atom. The van der Waals surface area contributed by atoms with Crippen molar-refractivity contribution in [2.24, 2.45) is 0 Å². The second-order valence-electron chi connectivity index (χ2n) is 5.37. The first-order valence-electron chi connectivity index (χ1n) is 7.13. The molecule has 0 aliphatic carbocycles. The third-order valence-electron chi connectivity index (χ3n) is 3.78. The molecule has 0 saturated heterocycles. The Morgan fingerprint density at radius 3 is 2.36 bits per heavy atom. The van der Waals surface area contributed by atoms with Gasteiger partial charge < -0.3 is 4.74 Å². The van der Waals surface area contributed by atoms with Crippen LogP contribution in [0.5, 0.6) is 0 Å². The smallest absolute Gasteiger partial charge is 0.455 e. The molecule has 0 radical (unpaired) electrons. The summed E-state index contributed by atoms with van der Waals surface area (Å²) >= 11 is 0. The van der Waals surface area contributed by atoms with Gasteiger partial charge in [0.25, 0.3) is 0 Å². The number of halogens is 2. The molecule has 25 heavy (non-hydrogen) atoms. The topological polar surface area (TPSA) is 80.7 Å². The van der Waals surface area contributed by atoms with Gasteiger partial charge in [0.2, 0.25) is 0 Å². The van der Waals surface area contributed by atoms with Gasteiger partial charge >= 0.3 is 21.3 Å². The van der Waals surface area contributed by atoms with Gasteiger partial charge in [-0.2, -0.15) is 17.2 Å². The zero-order valence-corrected chi connectivity index (χ0v) is 13.5. The highest BCUT2D eigenvalue weighted by molar-refractivity contribution is 7.87. The second kappa shape index (κ2) is 6.05. The molecule has 0 heterocycles. The Labute approximate surface area is 141 Å². The molecule has 0 aliphatic rings. The van der Waals surface area contributed by atoms with Crippen molar-refractivity contribution in [3.63, 3.8) is 0 Å². The molecule has 0 aliphatic heterocycles. The van der Waals surface area contributed by atoms with Crippen molar-refractivity contribution in [3.8, 4) is 0 Å². The lowest BCUT2D eigenvalue weighted by molar-refractivity contribution is -0.162. The van der Waals surface area contributed by atoms with E-state index in [-0.39, 0.29) is 0 Å². The fourth-order valence-corrected chi connectivity index (χ4v) is 2.86. The van der Waals surface area contributed by atoms with Crippen molar-refractivity contribution in [1.29, 1.82) is 0 Å². The van der Waals surface area contributed by atoms with E-state index >= 15 is 0 Å². The predicted molar refractivity (Wildman–Crippen MR) is 87.7 cm³/mol. The zero-order chi connectivity index (χ0) is 18.2. The van der Waals surface area contributed by atoms with Crippen molar-refractivity contribution in [2.45, 2.75) is 11.9 Å². The summed E-state index contributed by atoms with van der Waals surface area (Å²) in [5, 5.41) is -1.73. The standard InChI is InChI=1S/C17H12F2O5S/c18-17(19,25(21,22)23)16(20)24-10-13-6-3-5-12-9-8-11-4-1-2-7-14(11)15(12)13/h1-9H,10H2,(H,21,22,23). The number of fused-ring (bicyclic) bond motifs is 3. The first kappa shape index (κ1) is 17.2. The van der Waals surface area contributed by atoms with Crippen LogP contribution in [-0.2, 0) is 26.3 Å². The number of benzene rings is 3. The van der Waals surface area contributed by atoms with Crippen LogP contribution in [0.2, 0.25) is 0 Å². The zero-order valence-electron chi connectivity index (χ0n) is 12.6. The average molecular weight is 366 g/mol. The van der Waals surface area contributed by atoms with Crippen LogP contribution in [0.4, 0.5) is 8.78 Å². The van der Waals surface area contributed by atoms with Gasteiger partial charge in [-0.1, -0.05) is 54.6 Å². The first-order valence-corrected chi connectivity index (χ1v) is 8.57. The Morgan fingerprint density at radius 2 is 1.64 bits per heavy atom. The molecule has 0 spiro atoms. The maximum absolute atomic E-state index is 13.3. The molecule has 0 saturated carbocycles. The van der Waals surface area contributed by atoms with E-state index in [4.69, 9.17) is 4.55 Å². The quantitative estimate of drug-likeness (QED) is 0.434. The Kier molecular flexibility index (Phi) is 4.18. The number of rotatable bonds is 4. The monoisotopic (exact) mass is 366 g/mol. The molecule has 0 atom stereocenters. The van der Waals surface area contributed by atoms with Crippen LogP contribution in [0, 0.1) is 0 Å². The van der Waals surface area contributed by atoms with E-state index in [0.717, 1.165) is 16.2 Å². The first-order chi connectivity index (χ1) is 11.7. The van der Waals surface area contributed by atoms with Gasteiger partial charge in [-0.25, -0.2) is 4.79 Å². The van der Waals surface area contributed by atoms with Gasteiger partial charge in [0.05, 0.1) is 0 Å². The van der Waals surface area contributed by atoms with Crippen LogP contribution in [0.1, 0.15) is 5.56 Å². The second-order valence-corrected chi connectivity index (χ2v) is 6.83. The van der Waals surface area contributed by atoms with E-state index < -0.39 is 27.9 Å². The normalized spacial score (nSPS) is 12.4. The third kappa shape index (κ3) is 3.06. The maximum Gasteiger partial charge on any atom is 0.465 e. The molecule has 0 fully saturated rings. The number of carbonyl (C=O) groups is 1. The molecule has 5 nitrogen and oxygen atoms in total. The Bertz CT molecular complexity index is 1080. The van der Waals surface area contributed by atoms with Crippen molar-refractivity contribution in [2.75, 3.05) is 0 Å². The van der Waals surface area contributed by atoms with Gasteiger partial charge in [0.1, 0.15) is 6.61 Å². The van der Waals surface area contributed by atoms with Gasteiger partial charge in [0, 0.05) is 0 Å². The Hall–Kier alpha value is -2.58. The van der Waals surface area contributed by atoms with Crippen molar-refractivity contribution in [3.05, 3.63) is 60.2 Å². The molecule has 1 N–H and O–H groups in total. The summed E-state index contributed by atoms with van der Waals surface area (Å²) < 4.78 is 60.7. The summed E-state index contributed by atoms with van der Waals surface area (Å²) in [5.74, 6) is -2.33. The average Bonchev–Trinajstić information content (AvgIpc) is 2.58. The SMILES string of the molecule is O=C(OCc1cccc2ccc3ccccc3c12)C(F)(F)S(=O)(=O)O. The van der Waals surface area contributed by atoms with Gasteiger partial charge in [0.15, 0.2) is 0 Å². The molecule has 0 aromatic heterocycles. The number of esters is 1. The van der Waals surface area contributed by atoms with E-state index in [1.807, 2.05) is 42.5 Å². The maximum atomic E-state index is 13.3. The molecular weight excluding hydrogens is 354 g/mol. The molecule has 0 amide bonds. The van der Waals surface area contributed by atoms with E-state index in [1.165, 1.54) is 0 Å². The van der Waals surface area contributed by atoms with Crippen molar-refractivity contribution in [1.82, 2.24) is 0 Å². The number of hydrogen-bond acceptors (Lipinski definition) is 4. The number of hydrogen-bond donors (Lipinski definition) is 1. The van der Waals surface area contributed by atoms with Crippen molar-refractivity contribution < 1.29 is 31.3 Å². The minimum Gasteiger partial charge on any atom is -0.455 e. The fourth-order valence-electron chi connectivity index (χ4n) is 2.59. The highest BCUT2D eigenvalue weighted by Crippen LogP contribution is 2.29. The van der Waals surface area contributed by atoms with Crippen LogP contribution >= 0.6 is 0 Å². The summed E-state index contributed by atoms with van der Waals surface area (Å²) in [5.41, 5.74) is 0.439. The molecule has 3 aromatic carbocycles. The highest BCUT2D eigenvalue weighted by atomic mass is 32.2. The van der Waals surface area contributed by atoms with E-state index in [9.17, 15) is 22.0 Å². The number of ether oxygens (including phenoxy) is 1. The van der Waals surface area contributed by atoms with Crippen LogP contribution in [-0.4, -0.2) is 24.2 Å². The van der Waals surface area contributed by atoms with Gasteiger partial charge in [-0.05, 0) is 27.1 Å². The molecule has 3 aromatic rings. The number of carbonyl (C=O) groups excluding carboxylic acids is 1. The van der Waals surface area contributed by atoms with Crippen LogP contribution in [0.3, 0.4) is 0 Å². The lowest BCUT2D eigenvalue weighted by atomic mass is 9.98. The third-order valence-corrected chi connectivity index (χ3v) is 4.59. The van der Waals surface area contributed by atoms with E-state index in [0.29, 0.717) is 10.9 Å². The minimum atomic E-state index is -5.89. The molecule has 0 unspecified atom stereocenters. The van der Waals surface area contributed by atoms with Crippen LogP contribution < -0.4 is 0 Å². The lowest BCUT2D eigenvalue weighted by Gasteiger charge is -2.14. The molecule has 130 valence electrons. The van der Waals surface area contributed by atoms with Crippen LogP contribution in [0.25, 0.3) is 21.5 Å². The number of alkyl halides is 2. The van der Waals surface area contributed by atoms with Crippen molar-refractivity contribution >= 4 is 37.6 Å². The molecule has 0 bridgehead atoms. The fraction of sp³-hybridized carbons (Fsp3) is 0.118. The van der Waals surface area contributed by atoms with Crippen LogP contribution in [0.15, 0.2) is 54.6 Å². The molecule has 3 rings (SSSR count). The Balaban J connectivity index is 2.00. The summed E-state index contributed by atoms with van der Waals surface area (Å²) in [6, 6.07) is 16.2. The van der Waals surface area contributed by atoms with E-state index in [1.54, 1.807) is 12.1 Å². The molecular formula is C17H12F2O5S. The predicted octanol–water partition coefficient (Wildman–Crippen LogP) is 3.52. The lowest BCUT2D eigenvalue weighted by Crippen LogP contribution is -2.38. The molecule has 8 heteroatoms.